The maximum Gasteiger partial charge on any atom is 0.416 e. The zero-order valence-corrected chi connectivity index (χ0v) is 16.5. The first-order valence-electron chi connectivity index (χ1n) is 9.44. The summed E-state index contributed by atoms with van der Waals surface area (Å²) in [5.41, 5.74) is 0.927. The van der Waals surface area contributed by atoms with E-state index in [4.69, 9.17) is 9.47 Å². The summed E-state index contributed by atoms with van der Waals surface area (Å²) in [4.78, 5) is 12.7. The van der Waals surface area contributed by atoms with Crippen LogP contribution in [-0.4, -0.2) is 29.0 Å². The van der Waals surface area contributed by atoms with Crippen molar-refractivity contribution < 1.29 is 27.4 Å². The van der Waals surface area contributed by atoms with E-state index in [2.05, 4.69) is 15.7 Å². The lowest BCUT2D eigenvalue weighted by Crippen LogP contribution is -2.19. The second-order valence-electron chi connectivity index (χ2n) is 6.93. The zero-order chi connectivity index (χ0) is 22.0. The molecule has 1 aliphatic heterocycles. The highest BCUT2D eigenvalue weighted by molar-refractivity contribution is 6.06. The third kappa shape index (κ3) is 4.57. The number of carbonyl (C=O) groups is 1. The van der Waals surface area contributed by atoms with Crippen molar-refractivity contribution in [3.8, 4) is 11.5 Å². The molecule has 0 spiro atoms. The number of aromatic nitrogens is 2. The van der Waals surface area contributed by atoms with E-state index in [1.807, 2.05) is 18.2 Å². The van der Waals surface area contributed by atoms with Crippen molar-refractivity contribution in [3.63, 3.8) is 0 Å². The Morgan fingerprint density at radius 3 is 2.77 bits per heavy atom. The fourth-order valence-electron chi connectivity index (χ4n) is 3.24. The van der Waals surface area contributed by atoms with Gasteiger partial charge in [0, 0.05) is 19.3 Å². The molecule has 10 heteroatoms. The summed E-state index contributed by atoms with van der Waals surface area (Å²) in [6.07, 6.45) is -2.34. The molecule has 0 bridgehead atoms. The van der Waals surface area contributed by atoms with Crippen LogP contribution in [0.5, 0.6) is 11.5 Å². The fourth-order valence-corrected chi connectivity index (χ4v) is 3.24. The molecule has 0 unspecified atom stereocenters. The summed E-state index contributed by atoms with van der Waals surface area (Å²) in [7, 11) is 1.59. The van der Waals surface area contributed by atoms with Crippen LogP contribution < -0.4 is 20.1 Å². The Kier molecular flexibility index (Phi) is 5.45. The fraction of sp³-hybridized carbons (Fsp3) is 0.238. The lowest BCUT2D eigenvalue weighted by Gasteiger charge is -2.12. The standard InChI is InChI=1S/C21H19F3N4O3/c1-28-19(20(29)27-15-4-2-3-14(10-15)21(22,23)24)16(11-26-28)25-8-7-13-5-6-17-18(9-13)31-12-30-17/h2-6,9-11,25H,7-8,12H2,1H3,(H,27,29). The molecule has 0 fully saturated rings. The molecule has 2 aromatic carbocycles. The van der Waals surface area contributed by atoms with E-state index in [9.17, 15) is 18.0 Å². The number of ether oxygens (including phenoxy) is 2. The van der Waals surface area contributed by atoms with Gasteiger partial charge in [-0.1, -0.05) is 12.1 Å². The van der Waals surface area contributed by atoms with E-state index < -0.39 is 17.6 Å². The number of alkyl halides is 3. The third-order valence-corrected chi connectivity index (χ3v) is 4.77. The molecule has 1 aliphatic rings. The van der Waals surface area contributed by atoms with Gasteiger partial charge in [0.25, 0.3) is 5.91 Å². The van der Waals surface area contributed by atoms with Crippen molar-refractivity contribution >= 4 is 17.3 Å². The van der Waals surface area contributed by atoms with Gasteiger partial charge in [-0.2, -0.15) is 18.3 Å². The minimum absolute atomic E-state index is 0.0485. The van der Waals surface area contributed by atoms with Gasteiger partial charge in [-0.3, -0.25) is 9.48 Å². The highest BCUT2D eigenvalue weighted by Gasteiger charge is 2.30. The Morgan fingerprint density at radius 2 is 1.97 bits per heavy atom. The van der Waals surface area contributed by atoms with Gasteiger partial charge in [-0.05, 0) is 42.3 Å². The van der Waals surface area contributed by atoms with Crippen LogP contribution in [0.25, 0.3) is 0 Å². The van der Waals surface area contributed by atoms with Gasteiger partial charge in [-0.15, -0.1) is 0 Å². The Bertz CT molecular complexity index is 1110. The second-order valence-corrected chi connectivity index (χ2v) is 6.93. The largest absolute Gasteiger partial charge is 0.454 e. The number of hydrogen-bond acceptors (Lipinski definition) is 5. The molecule has 0 saturated carbocycles. The van der Waals surface area contributed by atoms with Crippen LogP contribution in [0.1, 0.15) is 21.6 Å². The Balaban J connectivity index is 1.42. The van der Waals surface area contributed by atoms with Crippen LogP contribution in [-0.2, 0) is 19.6 Å². The third-order valence-electron chi connectivity index (χ3n) is 4.77. The number of aryl methyl sites for hydroxylation is 1. The van der Waals surface area contributed by atoms with Crippen LogP contribution in [0.3, 0.4) is 0 Å². The smallest absolute Gasteiger partial charge is 0.416 e. The summed E-state index contributed by atoms with van der Waals surface area (Å²) in [5.74, 6) is 0.836. The Hall–Kier alpha value is -3.69. The summed E-state index contributed by atoms with van der Waals surface area (Å²) < 4.78 is 50.7. The molecule has 2 heterocycles. The molecule has 1 aromatic heterocycles. The monoisotopic (exact) mass is 432 g/mol. The quantitative estimate of drug-likeness (QED) is 0.614. The van der Waals surface area contributed by atoms with E-state index in [0.29, 0.717) is 30.2 Å². The predicted molar refractivity (Wildman–Crippen MR) is 107 cm³/mol. The lowest BCUT2D eigenvalue weighted by molar-refractivity contribution is -0.137. The van der Waals surface area contributed by atoms with E-state index in [1.165, 1.54) is 23.0 Å². The SMILES string of the molecule is Cn1ncc(NCCc2ccc3c(c2)OCO3)c1C(=O)Nc1cccc(C(F)(F)F)c1. The van der Waals surface area contributed by atoms with Gasteiger partial charge in [0.2, 0.25) is 6.79 Å². The van der Waals surface area contributed by atoms with Crippen molar-refractivity contribution in [1.82, 2.24) is 9.78 Å². The molecule has 3 aromatic rings. The van der Waals surface area contributed by atoms with E-state index in [0.717, 1.165) is 17.7 Å². The normalized spacial score (nSPS) is 12.6. The first-order chi connectivity index (χ1) is 14.8. The maximum atomic E-state index is 12.9. The van der Waals surface area contributed by atoms with Crippen molar-refractivity contribution in [3.05, 3.63) is 65.5 Å². The Labute approximate surface area is 175 Å². The van der Waals surface area contributed by atoms with E-state index >= 15 is 0 Å². The number of hydrogen-bond donors (Lipinski definition) is 2. The molecule has 2 N–H and O–H groups in total. The van der Waals surface area contributed by atoms with Crippen molar-refractivity contribution in [1.29, 1.82) is 0 Å². The minimum Gasteiger partial charge on any atom is -0.454 e. The molecule has 0 saturated heterocycles. The maximum absolute atomic E-state index is 12.9. The molecular weight excluding hydrogens is 413 g/mol. The van der Waals surface area contributed by atoms with E-state index in [1.54, 1.807) is 7.05 Å². The molecule has 31 heavy (non-hydrogen) atoms. The van der Waals surface area contributed by atoms with Crippen LogP contribution in [0, 0.1) is 0 Å². The minimum atomic E-state index is -4.49. The number of nitrogens with one attached hydrogen (secondary N) is 2. The molecule has 1 amide bonds. The number of halogens is 3. The highest BCUT2D eigenvalue weighted by Crippen LogP contribution is 2.33. The number of anilines is 2. The van der Waals surface area contributed by atoms with Crippen LogP contribution >= 0.6 is 0 Å². The molecule has 0 radical (unpaired) electrons. The Morgan fingerprint density at radius 1 is 1.16 bits per heavy atom. The summed E-state index contributed by atoms with van der Waals surface area (Å²) in [6.45, 7) is 0.715. The number of nitrogens with zero attached hydrogens (tertiary/aromatic N) is 2. The van der Waals surface area contributed by atoms with E-state index in [-0.39, 0.29) is 18.2 Å². The molecule has 0 atom stereocenters. The predicted octanol–water partition coefficient (Wildman–Crippen LogP) is 4.07. The highest BCUT2D eigenvalue weighted by atomic mass is 19.4. The van der Waals surface area contributed by atoms with Gasteiger partial charge in [-0.25, -0.2) is 0 Å². The van der Waals surface area contributed by atoms with Gasteiger partial charge in [0.1, 0.15) is 5.69 Å². The molecule has 7 nitrogen and oxygen atoms in total. The van der Waals surface area contributed by atoms with Crippen LogP contribution in [0.4, 0.5) is 24.5 Å². The van der Waals surface area contributed by atoms with Gasteiger partial charge >= 0.3 is 6.18 Å². The first-order valence-corrected chi connectivity index (χ1v) is 9.44. The number of amides is 1. The van der Waals surface area contributed by atoms with Crippen molar-refractivity contribution in [2.24, 2.45) is 7.05 Å². The van der Waals surface area contributed by atoms with Crippen molar-refractivity contribution in [2.45, 2.75) is 12.6 Å². The average Bonchev–Trinajstić information content (AvgIpc) is 3.33. The summed E-state index contributed by atoms with van der Waals surface area (Å²) in [5, 5.41) is 9.75. The van der Waals surface area contributed by atoms with Crippen molar-refractivity contribution in [2.75, 3.05) is 24.0 Å². The topological polar surface area (TPSA) is 77.4 Å². The average molecular weight is 432 g/mol. The second kappa shape index (κ2) is 8.21. The van der Waals surface area contributed by atoms with Crippen LogP contribution in [0.2, 0.25) is 0 Å². The summed E-state index contributed by atoms with van der Waals surface area (Å²) in [6, 6.07) is 10.1. The first kappa shape index (κ1) is 20.6. The molecule has 0 aliphatic carbocycles. The van der Waals surface area contributed by atoms with Gasteiger partial charge in [0.15, 0.2) is 11.5 Å². The summed E-state index contributed by atoms with van der Waals surface area (Å²) >= 11 is 0. The van der Waals surface area contributed by atoms with Gasteiger partial charge in [0.05, 0.1) is 17.4 Å². The van der Waals surface area contributed by atoms with Gasteiger partial charge < -0.3 is 20.1 Å². The number of carbonyl (C=O) groups excluding carboxylic acids is 1. The zero-order valence-electron chi connectivity index (χ0n) is 16.5. The lowest BCUT2D eigenvalue weighted by atomic mass is 10.1. The number of rotatable bonds is 6. The van der Waals surface area contributed by atoms with Crippen LogP contribution in [0.15, 0.2) is 48.7 Å². The molecular formula is C21H19F3N4O3. The molecule has 162 valence electrons. The molecule has 4 rings (SSSR count). The number of fused-ring (bicyclic) bond motifs is 1. The number of benzene rings is 2.